The van der Waals surface area contributed by atoms with Crippen LogP contribution >= 0.6 is 0 Å². The number of hydrogen-bond acceptors (Lipinski definition) is 4. The van der Waals surface area contributed by atoms with Crippen LogP contribution in [-0.2, 0) is 14.3 Å². The van der Waals surface area contributed by atoms with Crippen LogP contribution in [0.5, 0.6) is 0 Å². The van der Waals surface area contributed by atoms with Crippen molar-refractivity contribution in [1.29, 1.82) is 0 Å². The van der Waals surface area contributed by atoms with Crippen molar-refractivity contribution >= 4 is 11.8 Å². The topological polar surface area (TPSA) is 63.6 Å². The minimum Gasteiger partial charge on any atom is -0.462 e. The summed E-state index contributed by atoms with van der Waals surface area (Å²) in [7, 11) is 0. The number of carbonyl (C=O) groups excluding carboxylic acids is 2. The summed E-state index contributed by atoms with van der Waals surface area (Å²) in [5.74, 6) is -0.627. The van der Waals surface area contributed by atoms with Crippen LogP contribution in [0.3, 0.4) is 0 Å². The van der Waals surface area contributed by atoms with E-state index in [0.29, 0.717) is 0 Å². The Labute approximate surface area is 112 Å². The molecule has 1 saturated carbocycles. The number of hydrogen-bond donors (Lipinski definition) is 1. The molecule has 0 aromatic heterocycles. The van der Waals surface area contributed by atoms with Crippen LogP contribution in [0.25, 0.3) is 0 Å². The first-order valence-electron chi connectivity index (χ1n) is 6.98. The molecule has 3 rings (SSSR count). The second-order valence-electron chi connectivity index (χ2n) is 6.53. The number of allylic oxidation sites excluding steroid dienone is 2. The first kappa shape index (κ1) is 12.9. The fourth-order valence-electron chi connectivity index (χ4n) is 4.27. The number of fused-ring (bicyclic) bond motifs is 2. The molecule has 4 nitrogen and oxygen atoms in total. The first-order valence-corrected chi connectivity index (χ1v) is 6.98. The van der Waals surface area contributed by atoms with E-state index in [0.717, 1.165) is 6.42 Å². The van der Waals surface area contributed by atoms with Crippen molar-refractivity contribution in [2.75, 3.05) is 0 Å². The average molecular weight is 264 g/mol. The molecule has 0 aromatic carbocycles. The molecular formula is C15H20O4. The molecule has 0 amide bonds. The number of carbonyl (C=O) groups is 2. The van der Waals surface area contributed by atoms with E-state index in [2.05, 4.69) is 6.92 Å². The Morgan fingerprint density at radius 3 is 2.74 bits per heavy atom. The van der Waals surface area contributed by atoms with Crippen molar-refractivity contribution in [2.24, 2.45) is 29.1 Å². The summed E-state index contributed by atoms with van der Waals surface area (Å²) in [5, 5.41) is 10.8. The molecular weight excluding hydrogens is 244 g/mol. The lowest BCUT2D eigenvalue weighted by Crippen LogP contribution is -2.47. The van der Waals surface area contributed by atoms with Gasteiger partial charge in [-0.1, -0.05) is 19.9 Å². The Balaban J connectivity index is 2.06. The van der Waals surface area contributed by atoms with Crippen LogP contribution in [0.2, 0.25) is 0 Å². The Morgan fingerprint density at radius 1 is 1.37 bits per heavy atom. The van der Waals surface area contributed by atoms with E-state index in [4.69, 9.17) is 4.74 Å². The Morgan fingerprint density at radius 2 is 2.05 bits per heavy atom. The Kier molecular flexibility index (Phi) is 2.65. The molecule has 1 aliphatic heterocycles. The highest BCUT2D eigenvalue weighted by Gasteiger charge is 2.60. The van der Waals surface area contributed by atoms with Crippen molar-refractivity contribution in [3.05, 3.63) is 12.2 Å². The van der Waals surface area contributed by atoms with Gasteiger partial charge in [0.15, 0.2) is 5.78 Å². The monoisotopic (exact) mass is 264 g/mol. The molecule has 2 aliphatic carbocycles. The quantitative estimate of drug-likeness (QED) is 0.670. The minimum absolute atomic E-state index is 0.0240. The fraction of sp³-hybridized carbons (Fsp3) is 0.733. The van der Waals surface area contributed by atoms with Crippen LogP contribution in [-0.4, -0.2) is 29.1 Å². The van der Waals surface area contributed by atoms with Gasteiger partial charge in [-0.25, -0.2) is 0 Å². The van der Waals surface area contributed by atoms with Gasteiger partial charge in [0.2, 0.25) is 0 Å². The second-order valence-corrected chi connectivity index (χ2v) is 6.53. The highest BCUT2D eigenvalue weighted by Crippen LogP contribution is 2.53. The summed E-state index contributed by atoms with van der Waals surface area (Å²) >= 11 is 0. The molecule has 0 unspecified atom stereocenters. The SMILES string of the molecule is C[C@@H]1C[C@@H]2OC(=O)[C@H](C)[C@@H]2[C@@H](O)[C@]2(C)C(=O)C=C[C@@H]12. The van der Waals surface area contributed by atoms with E-state index >= 15 is 0 Å². The van der Waals surface area contributed by atoms with Crippen molar-refractivity contribution < 1.29 is 19.4 Å². The third-order valence-corrected chi connectivity index (χ3v) is 5.52. The average Bonchev–Trinajstić information content (AvgIpc) is 2.77. The van der Waals surface area contributed by atoms with E-state index in [1.54, 1.807) is 13.0 Å². The second kappa shape index (κ2) is 3.92. The van der Waals surface area contributed by atoms with Gasteiger partial charge in [0, 0.05) is 5.92 Å². The van der Waals surface area contributed by atoms with Gasteiger partial charge in [0.05, 0.1) is 17.4 Å². The third-order valence-electron chi connectivity index (χ3n) is 5.52. The van der Waals surface area contributed by atoms with Crippen molar-refractivity contribution in [3.63, 3.8) is 0 Å². The van der Waals surface area contributed by atoms with Crippen LogP contribution in [0.1, 0.15) is 27.2 Å². The van der Waals surface area contributed by atoms with Gasteiger partial charge < -0.3 is 9.84 Å². The van der Waals surface area contributed by atoms with Gasteiger partial charge in [0.1, 0.15) is 6.10 Å². The van der Waals surface area contributed by atoms with Crippen LogP contribution in [0, 0.1) is 29.1 Å². The molecule has 7 atom stereocenters. The summed E-state index contributed by atoms with van der Waals surface area (Å²) in [6.07, 6.45) is 3.15. The number of ether oxygens (including phenoxy) is 1. The first-order chi connectivity index (χ1) is 8.87. The molecule has 0 spiro atoms. The third kappa shape index (κ3) is 1.49. The van der Waals surface area contributed by atoms with Crippen molar-refractivity contribution in [1.82, 2.24) is 0 Å². The van der Waals surface area contributed by atoms with E-state index < -0.39 is 11.5 Å². The lowest BCUT2D eigenvalue weighted by Gasteiger charge is -2.37. The Bertz CT molecular complexity index is 469. The summed E-state index contributed by atoms with van der Waals surface area (Å²) in [4.78, 5) is 24.0. The number of ketones is 1. The van der Waals surface area contributed by atoms with Gasteiger partial charge in [-0.3, -0.25) is 9.59 Å². The molecule has 1 N–H and O–H groups in total. The lowest BCUT2D eigenvalue weighted by atomic mass is 9.67. The highest BCUT2D eigenvalue weighted by molar-refractivity contribution is 5.98. The van der Waals surface area contributed by atoms with E-state index in [1.807, 2.05) is 13.0 Å². The number of esters is 1. The van der Waals surface area contributed by atoms with Gasteiger partial charge in [0.25, 0.3) is 0 Å². The fourth-order valence-corrected chi connectivity index (χ4v) is 4.27. The smallest absolute Gasteiger partial charge is 0.309 e. The number of aliphatic hydroxyl groups excluding tert-OH is 1. The molecule has 3 aliphatic rings. The zero-order chi connectivity index (χ0) is 13.9. The maximum atomic E-state index is 12.2. The van der Waals surface area contributed by atoms with Gasteiger partial charge in [-0.2, -0.15) is 0 Å². The maximum Gasteiger partial charge on any atom is 0.309 e. The van der Waals surface area contributed by atoms with Crippen LogP contribution in [0.4, 0.5) is 0 Å². The minimum atomic E-state index is -0.823. The molecule has 0 aromatic rings. The number of aliphatic hydroxyl groups is 1. The molecule has 19 heavy (non-hydrogen) atoms. The van der Waals surface area contributed by atoms with Crippen LogP contribution < -0.4 is 0 Å². The number of rotatable bonds is 0. The highest BCUT2D eigenvalue weighted by atomic mass is 16.6. The summed E-state index contributed by atoms with van der Waals surface area (Å²) in [5.41, 5.74) is -0.804. The van der Waals surface area contributed by atoms with Gasteiger partial charge in [-0.05, 0) is 31.3 Å². The largest absolute Gasteiger partial charge is 0.462 e. The van der Waals surface area contributed by atoms with Crippen LogP contribution in [0.15, 0.2) is 12.2 Å². The molecule has 2 fully saturated rings. The molecule has 0 bridgehead atoms. The van der Waals surface area contributed by atoms with Crippen molar-refractivity contribution in [2.45, 2.75) is 39.4 Å². The zero-order valence-corrected chi connectivity index (χ0v) is 11.5. The Hall–Kier alpha value is -1.16. The molecule has 4 heteroatoms. The summed E-state index contributed by atoms with van der Waals surface area (Å²) in [6, 6.07) is 0. The van der Waals surface area contributed by atoms with E-state index in [-0.39, 0.29) is 41.5 Å². The van der Waals surface area contributed by atoms with E-state index in [9.17, 15) is 14.7 Å². The van der Waals surface area contributed by atoms with E-state index in [1.165, 1.54) is 0 Å². The predicted molar refractivity (Wildman–Crippen MR) is 68.1 cm³/mol. The molecule has 0 radical (unpaired) electrons. The van der Waals surface area contributed by atoms with Crippen molar-refractivity contribution in [3.8, 4) is 0 Å². The molecule has 1 heterocycles. The predicted octanol–water partition coefficient (Wildman–Crippen LogP) is 1.33. The molecule has 1 saturated heterocycles. The van der Waals surface area contributed by atoms with Gasteiger partial charge >= 0.3 is 5.97 Å². The molecule has 104 valence electrons. The maximum absolute atomic E-state index is 12.2. The normalized spacial score (nSPS) is 52.6. The lowest BCUT2D eigenvalue weighted by molar-refractivity contribution is -0.144. The standard InChI is InChI=1S/C15H20O4/c1-7-6-10-12(8(2)14(18)19-10)13(17)15(3)9(7)4-5-11(15)16/h4-5,7-10,12-13,17H,6H2,1-3H3/t7-,8-,9+,10+,12+,13-,15+/m1/s1. The van der Waals surface area contributed by atoms with Gasteiger partial charge in [-0.15, -0.1) is 0 Å². The summed E-state index contributed by atoms with van der Waals surface area (Å²) in [6.45, 7) is 5.69. The summed E-state index contributed by atoms with van der Waals surface area (Å²) < 4.78 is 5.41. The zero-order valence-electron chi connectivity index (χ0n) is 11.5.